The number of benzene rings is 1. The number of nitrogens with one attached hydrogen (secondary N) is 1. The maximum atomic E-state index is 12.2. The van der Waals surface area contributed by atoms with Gasteiger partial charge in [-0.3, -0.25) is 9.59 Å². The third-order valence-electron chi connectivity index (χ3n) is 3.93. The molecule has 0 atom stereocenters. The normalized spacial score (nSPS) is 15.3. The van der Waals surface area contributed by atoms with Crippen LogP contribution in [0.15, 0.2) is 24.3 Å². The minimum absolute atomic E-state index is 0.107. The fraction of sp³-hybridized carbons (Fsp3) is 0.529. The number of likely N-dealkylation sites (N-methyl/N-ethyl adjacent to an activating group) is 1. The number of nitrogens with zero attached hydrogens (tertiary/aromatic N) is 2. The Morgan fingerprint density at radius 1 is 1.09 bits per heavy atom. The second-order valence-corrected chi connectivity index (χ2v) is 5.50. The Bertz CT molecular complexity index is 522. The molecule has 1 saturated heterocycles. The number of rotatable bonds is 6. The Labute approximate surface area is 137 Å². The lowest BCUT2D eigenvalue weighted by Gasteiger charge is -2.33. The predicted molar refractivity (Wildman–Crippen MR) is 89.6 cm³/mol. The van der Waals surface area contributed by atoms with Crippen LogP contribution in [0.25, 0.3) is 0 Å². The fourth-order valence-electron chi connectivity index (χ4n) is 2.57. The Morgan fingerprint density at radius 3 is 2.30 bits per heavy atom. The van der Waals surface area contributed by atoms with Crippen LogP contribution in [-0.2, 0) is 9.59 Å². The summed E-state index contributed by atoms with van der Waals surface area (Å²) in [4.78, 5) is 28.2. The van der Waals surface area contributed by atoms with Gasteiger partial charge in [0.1, 0.15) is 12.2 Å². The van der Waals surface area contributed by atoms with Gasteiger partial charge in [0.25, 0.3) is 0 Å². The number of carbonyl (C=O) groups excluding carboxylic acids is 2. The van der Waals surface area contributed by atoms with Crippen LogP contribution in [0.3, 0.4) is 0 Å². The first-order chi connectivity index (χ1) is 11.1. The highest BCUT2D eigenvalue weighted by Crippen LogP contribution is 2.16. The van der Waals surface area contributed by atoms with E-state index in [2.05, 4.69) is 17.1 Å². The molecule has 1 aromatic carbocycles. The Morgan fingerprint density at radius 2 is 1.74 bits per heavy atom. The van der Waals surface area contributed by atoms with Gasteiger partial charge < -0.3 is 19.9 Å². The number of hydrogen-bond donors (Lipinski definition) is 1. The van der Waals surface area contributed by atoms with Gasteiger partial charge in [-0.25, -0.2) is 0 Å². The molecule has 0 spiro atoms. The van der Waals surface area contributed by atoms with Crippen LogP contribution in [0.4, 0.5) is 5.69 Å². The van der Waals surface area contributed by atoms with Gasteiger partial charge >= 0.3 is 0 Å². The van der Waals surface area contributed by atoms with Crippen molar-refractivity contribution in [2.45, 2.75) is 20.3 Å². The molecule has 0 saturated carbocycles. The molecule has 2 amide bonds. The molecular weight excluding hydrogens is 294 g/mol. The van der Waals surface area contributed by atoms with Crippen molar-refractivity contribution >= 4 is 17.5 Å². The third-order valence-corrected chi connectivity index (χ3v) is 3.93. The summed E-state index contributed by atoms with van der Waals surface area (Å²) >= 11 is 0. The lowest BCUT2D eigenvalue weighted by Crippen LogP contribution is -2.49. The fourth-order valence-corrected chi connectivity index (χ4v) is 2.57. The Kier molecular flexibility index (Phi) is 6.40. The quantitative estimate of drug-likeness (QED) is 0.809. The average Bonchev–Trinajstić information content (AvgIpc) is 2.57. The summed E-state index contributed by atoms with van der Waals surface area (Å²) in [5.41, 5.74) is 0.669. The van der Waals surface area contributed by atoms with Gasteiger partial charge in [-0.15, -0.1) is 0 Å². The van der Waals surface area contributed by atoms with E-state index >= 15 is 0 Å². The first-order valence-corrected chi connectivity index (χ1v) is 8.15. The first-order valence-electron chi connectivity index (χ1n) is 8.15. The van der Waals surface area contributed by atoms with E-state index in [0.29, 0.717) is 25.4 Å². The summed E-state index contributed by atoms with van der Waals surface area (Å²) < 4.78 is 5.35. The topological polar surface area (TPSA) is 61.9 Å². The van der Waals surface area contributed by atoms with Gasteiger partial charge in [-0.1, -0.05) is 6.92 Å². The summed E-state index contributed by atoms with van der Waals surface area (Å²) in [6.07, 6.45) is -0.112. The van der Waals surface area contributed by atoms with E-state index in [9.17, 15) is 9.59 Å². The second kappa shape index (κ2) is 8.53. The minimum atomic E-state index is -0.280. The molecule has 1 aliphatic heterocycles. The Balaban J connectivity index is 1.78. The van der Waals surface area contributed by atoms with Crippen LogP contribution in [-0.4, -0.2) is 60.9 Å². The molecule has 0 aromatic heterocycles. The van der Waals surface area contributed by atoms with E-state index < -0.39 is 0 Å². The van der Waals surface area contributed by atoms with E-state index in [4.69, 9.17) is 4.74 Å². The smallest absolute Gasteiger partial charge is 0.233 e. The van der Waals surface area contributed by atoms with Crippen LogP contribution in [0.2, 0.25) is 0 Å². The van der Waals surface area contributed by atoms with Crippen LogP contribution in [0.5, 0.6) is 5.75 Å². The van der Waals surface area contributed by atoms with Crippen molar-refractivity contribution in [2.24, 2.45) is 0 Å². The molecule has 0 aliphatic carbocycles. The molecule has 1 aromatic rings. The largest absolute Gasteiger partial charge is 0.494 e. The molecule has 6 heteroatoms. The van der Waals surface area contributed by atoms with Gasteiger partial charge in [0, 0.05) is 31.9 Å². The highest BCUT2D eigenvalue weighted by molar-refractivity contribution is 6.03. The molecule has 126 valence electrons. The maximum absolute atomic E-state index is 12.2. The van der Waals surface area contributed by atoms with Crippen molar-refractivity contribution in [1.82, 2.24) is 9.80 Å². The molecule has 0 unspecified atom stereocenters. The van der Waals surface area contributed by atoms with E-state index in [1.165, 1.54) is 0 Å². The number of hydrogen-bond acceptors (Lipinski definition) is 4. The van der Waals surface area contributed by atoms with Crippen molar-refractivity contribution in [3.63, 3.8) is 0 Å². The second-order valence-electron chi connectivity index (χ2n) is 5.50. The molecule has 6 nitrogen and oxygen atoms in total. The van der Waals surface area contributed by atoms with Crippen LogP contribution >= 0.6 is 0 Å². The van der Waals surface area contributed by atoms with E-state index in [1.807, 2.05) is 6.92 Å². The molecule has 23 heavy (non-hydrogen) atoms. The zero-order valence-corrected chi connectivity index (χ0v) is 13.9. The lowest BCUT2D eigenvalue weighted by molar-refractivity contribution is -0.136. The van der Waals surface area contributed by atoms with Crippen molar-refractivity contribution in [3.8, 4) is 5.75 Å². The van der Waals surface area contributed by atoms with Crippen molar-refractivity contribution in [1.29, 1.82) is 0 Å². The van der Waals surface area contributed by atoms with Gasteiger partial charge in [-0.05, 0) is 37.7 Å². The van der Waals surface area contributed by atoms with Gasteiger partial charge in [-0.2, -0.15) is 0 Å². The van der Waals surface area contributed by atoms with Gasteiger partial charge in [0.05, 0.1) is 6.61 Å². The van der Waals surface area contributed by atoms with Crippen LogP contribution < -0.4 is 10.1 Å². The Hall–Kier alpha value is -2.08. The molecule has 2 rings (SSSR count). The van der Waals surface area contributed by atoms with Gasteiger partial charge in [0.2, 0.25) is 11.8 Å². The molecule has 1 fully saturated rings. The number of anilines is 1. The number of piperazine rings is 1. The van der Waals surface area contributed by atoms with E-state index in [0.717, 1.165) is 25.4 Å². The highest BCUT2D eigenvalue weighted by atomic mass is 16.5. The summed E-state index contributed by atoms with van der Waals surface area (Å²) in [6, 6.07) is 7.14. The van der Waals surface area contributed by atoms with E-state index in [1.54, 1.807) is 29.2 Å². The molecule has 0 radical (unpaired) electrons. The zero-order valence-electron chi connectivity index (χ0n) is 13.9. The predicted octanol–water partition coefficient (Wildman–Crippen LogP) is 1.58. The SMILES string of the molecule is CCOc1ccc(NC(=O)CC(=O)N2CCN(CC)CC2)cc1. The monoisotopic (exact) mass is 319 g/mol. The number of ether oxygens (including phenoxy) is 1. The number of carbonyl (C=O) groups is 2. The van der Waals surface area contributed by atoms with Crippen molar-refractivity contribution in [2.75, 3.05) is 44.6 Å². The average molecular weight is 319 g/mol. The molecule has 1 aliphatic rings. The van der Waals surface area contributed by atoms with Gasteiger partial charge in [0.15, 0.2) is 0 Å². The highest BCUT2D eigenvalue weighted by Gasteiger charge is 2.21. The molecular formula is C17H25N3O3. The summed E-state index contributed by atoms with van der Waals surface area (Å²) in [5, 5.41) is 2.75. The lowest BCUT2D eigenvalue weighted by atomic mass is 10.2. The van der Waals surface area contributed by atoms with Crippen LogP contribution in [0.1, 0.15) is 20.3 Å². The molecule has 1 heterocycles. The molecule has 0 bridgehead atoms. The maximum Gasteiger partial charge on any atom is 0.233 e. The van der Waals surface area contributed by atoms with E-state index in [-0.39, 0.29) is 18.2 Å². The standard InChI is InChI=1S/C17H25N3O3/c1-3-19-9-11-20(12-10-19)17(22)13-16(21)18-14-5-7-15(8-6-14)23-4-2/h5-8H,3-4,9-13H2,1-2H3,(H,18,21). The molecule has 1 N–H and O–H groups in total. The zero-order chi connectivity index (χ0) is 16.7. The minimum Gasteiger partial charge on any atom is -0.494 e. The summed E-state index contributed by atoms with van der Waals surface area (Å²) in [6.45, 7) is 8.78. The summed E-state index contributed by atoms with van der Waals surface area (Å²) in [7, 11) is 0. The van der Waals surface area contributed by atoms with Crippen molar-refractivity contribution in [3.05, 3.63) is 24.3 Å². The third kappa shape index (κ3) is 5.25. The number of amides is 2. The van der Waals surface area contributed by atoms with Crippen molar-refractivity contribution < 1.29 is 14.3 Å². The van der Waals surface area contributed by atoms with Crippen LogP contribution in [0, 0.1) is 0 Å². The first kappa shape index (κ1) is 17.3. The summed E-state index contributed by atoms with van der Waals surface area (Å²) in [5.74, 6) is 0.372.